The highest BCUT2D eigenvalue weighted by molar-refractivity contribution is 5.35. The maximum Gasteiger partial charge on any atom is 0.143 e. The van der Waals surface area contributed by atoms with Gasteiger partial charge in [-0.05, 0) is 35.0 Å². The summed E-state index contributed by atoms with van der Waals surface area (Å²) in [6.45, 7) is 2.92. The standard InChI is InChI=1S/C13H15N5/c1-3-4-8-14-11(2)12-6-5-7-13(9-12)18-10-15-16-17-18/h1,5-7,9-11,14H,4,8H2,2H3. The van der Waals surface area contributed by atoms with E-state index in [1.807, 2.05) is 12.1 Å². The summed E-state index contributed by atoms with van der Waals surface area (Å²) in [5.74, 6) is 2.62. The number of hydrogen-bond donors (Lipinski definition) is 1. The molecule has 92 valence electrons. The predicted molar refractivity (Wildman–Crippen MR) is 69.0 cm³/mol. The topological polar surface area (TPSA) is 55.6 Å². The number of nitrogens with zero attached hydrogens (tertiary/aromatic N) is 4. The van der Waals surface area contributed by atoms with E-state index in [2.05, 4.69) is 45.8 Å². The molecule has 0 radical (unpaired) electrons. The molecule has 0 fully saturated rings. The van der Waals surface area contributed by atoms with Gasteiger partial charge < -0.3 is 5.32 Å². The van der Waals surface area contributed by atoms with Crippen LogP contribution in [-0.4, -0.2) is 26.8 Å². The monoisotopic (exact) mass is 241 g/mol. The van der Waals surface area contributed by atoms with Crippen LogP contribution in [0, 0.1) is 12.3 Å². The molecule has 0 saturated heterocycles. The summed E-state index contributed by atoms with van der Waals surface area (Å²) in [6.07, 6.45) is 7.54. The van der Waals surface area contributed by atoms with Gasteiger partial charge in [-0.25, -0.2) is 4.68 Å². The molecule has 1 aromatic carbocycles. The lowest BCUT2D eigenvalue weighted by Crippen LogP contribution is -2.19. The third kappa shape index (κ3) is 2.93. The molecule has 1 N–H and O–H groups in total. The number of hydrogen-bond acceptors (Lipinski definition) is 4. The van der Waals surface area contributed by atoms with Crippen LogP contribution in [0.5, 0.6) is 0 Å². The van der Waals surface area contributed by atoms with Gasteiger partial charge in [0, 0.05) is 19.0 Å². The van der Waals surface area contributed by atoms with Crippen molar-refractivity contribution >= 4 is 0 Å². The molecule has 1 unspecified atom stereocenters. The van der Waals surface area contributed by atoms with Gasteiger partial charge in [0.25, 0.3) is 0 Å². The van der Waals surface area contributed by atoms with E-state index in [4.69, 9.17) is 6.42 Å². The Kier molecular flexibility index (Phi) is 4.05. The average molecular weight is 241 g/mol. The fourth-order valence-corrected chi connectivity index (χ4v) is 1.69. The van der Waals surface area contributed by atoms with Gasteiger partial charge in [-0.2, -0.15) is 0 Å². The number of aromatic nitrogens is 4. The van der Waals surface area contributed by atoms with Gasteiger partial charge in [-0.15, -0.1) is 17.4 Å². The normalized spacial score (nSPS) is 12.0. The third-order valence-corrected chi connectivity index (χ3v) is 2.70. The van der Waals surface area contributed by atoms with Crippen molar-refractivity contribution in [2.45, 2.75) is 19.4 Å². The van der Waals surface area contributed by atoms with Crippen molar-refractivity contribution in [3.63, 3.8) is 0 Å². The highest BCUT2D eigenvalue weighted by Gasteiger charge is 2.06. The molecular formula is C13H15N5. The van der Waals surface area contributed by atoms with E-state index in [-0.39, 0.29) is 6.04 Å². The van der Waals surface area contributed by atoms with E-state index in [9.17, 15) is 0 Å². The summed E-state index contributed by atoms with van der Waals surface area (Å²) in [5, 5.41) is 14.5. The molecule has 1 atom stereocenters. The first-order valence-electron chi connectivity index (χ1n) is 5.81. The lowest BCUT2D eigenvalue weighted by atomic mass is 10.1. The molecule has 2 aromatic rings. The zero-order valence-electron chi connectivity index (χ0n) is 10.2. The largest absolute Gasteiger partial charge is 0.309 e. The smallest absolute Gasteiger partial charge is 0.143 e. The van der Waals surface area contributed by atoms with Gasteiger partial charge in [0.1, 0.15) is 6.33 Å². The maximum absolute atomic E-state index is 5.23. The lowest BCUT2D eigenvalue weighted by molar-refractivity contribution is 0.583. The van der Waals surface area contributed by atoms with Crippen molar-refractivity contribution in [1.29, 1.82) is 0 Å². The van der Waals surface area contributed by atoms with Crippen LogP contribution in [0.4, 0.5) is 0 Å². The predicted octanol–water partition coefficient (Wildman–Crippen LogP) is 1.34. The van der Waals surface area contributed by atoms with Crippen molar-refractivity contribution in [3.8, 4) is 18.0 Å². The van der Waals surface area contributed by atoms with Crippen molar-refractivity contribution in [2.24, 2.45) is 0 Å². The van der Waals surface area contributed by atoms with E-state index in [1.165, 1.54) is 5.56 Å². The highest BCUT2D eigenvalue weighted by atomic mass is 15.5. The SMILES string of the molecule is C#CCCNC(C)c1cccc(-n2cnnn2)c1. The summed E-state index contributed by atoms with van der Waals surface area (Å²) in [4.78, 5) is 0. The Balaban J connectivity index is 2.10. The summed E-state index contributed by atoms with van der Waals surface area (Å²) in [6, 6.07) is 8.33. The molecule has 0 spiro atoms. The molecule has 0 bridgehead atoms. The van der Waals surface area contributed by atoms with Crippen LogP contribution in [0.3, 0.4) is 0 Å². The van der Waals surface area contributed by atoms with Crippen molar-refractivity contribution in [1.82, 2.24) is 25.5 Å². The number of tetrazole rings is 1. The third-order valence-electron chi connectivity index (χ3n) is 2.70. The van der Waals surface area contributed by atoms with Gasteiger partial charge in [0.05, 0.1) is 5.69 Å². The van der Waals surface area contributed by atoms with Gasteiger partial charge in [-0.3, -0.25) is 0 Å². The molecule has 5 nitrogen and oxygen atoms in total. The molecule has 5 heteroatoms. The lowest BCUT2D eigenvalue weighted by Gasteiger charge is -2.14. The summed E-state index contributed by atoms with van der Waals surface area (Å²) >= 11 is 0. The van der Waals surface area contributed by atoms with Crippen LogP contribution in [-0.2, 0) is 0 Å². The minimum atomic E-state index is 0.245. The first-order chi connectivity index (χ1) is 8.81. The Morgan fingerprint density at radius 1 is 1.50 bits per heavy atom. The van der Waals surface area contributed by atoms with Gasteiger partial charge in [0.15, 0.2) is 0 Å². The number of rotatable bonds is 5. The molecular weight excluding hydrogens is 226 g/mol. The van der Waals surface area contributed by atoms with E-state index >= 15 is 0 Å². The molecule has 1 heterocycles. The minimum Gasteiger partial charge on any atom is -0.309 e. The molecule has 0 aliphatic heterocycles. The molecule has 0 saturated carbocycles. The first-order valence-corrected chi connectivity index (χ1v) is 5.81. The maximum atomic E-state index is 5.23. The number of terminal acetylenes is 1. The second kappa shape index (κ2) is 5.94. The Bertz CT molecular complexity index is 527. The van der Waals surface area contributed by atoms with Crippen LogP contribution >= 0.6 is 0 Å². The molecule has 1 aromatic heterocycles. The fraction of sp³-hybridized carbons (Fsp3) is 0.308. The average Bonchev–Trinajstić information content (AvgIpc) is 2.93. The van der Waals surface area contributed by atoms with E-state index < -0.39 is 0 Å². The number of benzene rings is 1. The molecule has 0 aliphatic rings. The van der Waals surface area contributed by atoms with E-state index in [0.29, 0.717) is 0 Å². The molecule has 18 heavy (non-hydrogen) atoms. The second-order valence-electron chi connectivity index (χ2n) is 3.98. The highest BCUT2D eigenvalue weighted by Crippen LogP contribution is 2.15. The van der Waals surface area contributed by atoms with E-state index in [0.717, 1.165) is 18.7 Å². The summed E-state index contributed by atoms with van der Waals surface area (Å²) in [7, 11) is 0. The van der Waals surface area contributed by atoms with Crippen molar-refractivity contribution in [3.05, 3.63) is 36.2 Å². The Labute approximate surface area is 106 Å². The van der Waals surface area contributed by atoms with Gasteiger partial charge >= 0.3 is 0 Å². The van der Waals surface area contributed by atoms with Crippen LogP contribution < -0.4 is 5.32 Å². The van der Waals surface area contributed by atoms with Crippen LogP contribution in [0.1, 0.15) is 24.9 Å². The zero-order valence-corrected chi connectivity index (χ0v) is 10.2. The number of nitrogens with one attached hydrogen (secondary N) is 1. The van der Waals surface area contributed by atoms with Crippen molar-refractivity contribution < 1.29 is 0 Å². The van der Waals surface area contributed by atoms with Gasteiger partial charge in [-0.1, -0.05) is 12.1 Å². The zero-order chi connectivity index (χ0) is 12.8. The Hall–Kier alpha value is -2.19. The first kappa shape index (κ1) is 12.3. The quantitative estimate of drug-likeness (QED) is 0.634. The van der Waals surface area contributed by atoms with Crippen molar-refractivity contribution in [2.75, 3.05) is 6.54 Å². The van der Waals surface area contributed by atoms with Gasteiger partial charge in [0.2, 0.25) is 0 Å². The van der Waals surface area contributed by atoms with E-state index in [1.54, 1.807) is 11.0 Å². The minimum absolute atomic E-state index is 0.245. The van der Waals surface area contributed by atoms with Crippen LogP contribution in [0.2, 0.25) is 0 Å². The Morgan fingerprint density at radius 2 is 2.39 bits per heavy atom. The molecule has 0 amide bonds. The molecule has 2 rings (SSSR count). The Morgan fingerprint density at radius 3 is 3.11 bits per heavy atom. The second-order valence-corrected chi connectivity index (χ2v) is 3.98. The summed E-state index contributed by atoms with van der Waals surface area (Å²) < 4.78 is 1.64. The van der Waals surface area contributed by atoms with Crippen LogP contribution in [0.15, 0.2) is 30.6 Å². The fourth-order valence-electron chi connectivity index (χ4n) is 1.69. The van der Waals surface area contributed by atoms with Crippen LogP contribution in [0.25, 0.3) is 5.69 Å². The molecule has 0 aliphatic carbocycles. The summed E-state index contributed by atoms with van der Waals surface area (Å²) in [5.41, 5.74) is 2.13.